The van der Waals surface area contributed by atoms with Crippen molar-refractivity contribution in [2.24, 2.45) is 5.92 Å². The van der Waals surface area contributed by atoms with Crippen molar-refractivity contribution in [3.8, 4) is 11.5 Å². The molecule has 1 amide bonds. The zero-order valence-corrected chi connectivity index (χ0v) is 18.1. The summed E-state index contributed by atoms with van der Waals surface area (Å²) in [7, 11) is 3.16. The van der Waals surface area contributed by atoms with Crippen LogP contribution in [0.25, 0.3) is 11.0 Å². The Hall–Kier alpha value is -2.67. The van der Waals surface area contributed by atoms with E-state index in [1.807, 2.05) is 18.2 Å². The Bertz CT molecular complexity index is 985. The molecule has 1 aromatic heterocycles. The number of hydrogen-bond acceptors (Lipinski definition) is 5. The van der Waals surface area contributed by atoms with Crippen molar-refractivity contribution in [1.82, 2.24) is 9.55 Å². The lowest BCUT2D eigenvalue weighted by Crippen LogP contribution is -2.15. The molecule has 29 heavy (non-hydrogen) atoms. The van der Waals surface area contributed by atoms with E-state index >= 15 is 0 Å². The number of methoxy groups -OCH3 is 2. The second-order valence-corrected chi connectivity index (χ2v) is 8.06. The van der Waals surface area contributed by atoms with Crippen molar-refractivity contribution in [3.05, 3.63) is 42.5 Å². The number of amides is 1. The summed E-state index contributed by atoms with van der Waals surface area (Å²) in [6.45, 7) is 5.30. The average molecular weight is 414 g/mol. The van der Waals surface area contributed by atoms with Gasteiger partial charge in [-0.15, -0.1) is 0 Å². The van der Waals surface area contributed by atoms with Gasteiger partial charge in [0.1, 0.15) is 11.5 Å². The standard InChI is InChI=1S/C22H27N3O3S/c1-15(2)11-12-25-19-8-6-5-7-17(19)24-22(25)29-14-21(26)23-18-13-16(27-3)9-10-20(18)28-4/h5-10,13,15H,11-12,14H2,1-4H3,(H,23,26). The van der Waals surface area contributed by atoms with Crippen LogP contribution >= 0.6 is 11.8 Å². The van der Waals surface area contributed by atoms with Crippen molar-refractivity contribution in [2.45, 2.75) is 32.0 Å². The molecule has 1 N–H and O–H groups in total. The van der Waals surface area contributed by atoms with E-state index in [0.29, 0.717) is 23.1 Å². The number of para-hydroxylation sites is 2. The maximum Gasteiger partial charge on any atom is 0.234 e. The Morgan fingerprint density at radius 1 is 1.17 bits per heavy atom. The number of fused-ring (bicyclic) bond motifs is 1. The quantitative estimate of drug-likeness (QED) is 0.509. The third kappa shape index (κ3) is 5.23. The van der Waals surface area contributed by atoms with Crippen LogP contribution in [-0.4, -0.2) is 35.4 Å². The fourth-order valence-electron chi connectivity index (χ4n) is 3.00. The van der Waals surface area contributed by atoms with E-state index < -0.39 is 0 Å². The first-order chi connectivity index (χ1) is 14.0. The molecule has 7 heteroatoms. The third-order valence-corrected chi connectivity index (χ3v) is 5.54. The molecule has 3 aromatic rings. The summed E-state index contributed by atoms with van der Waals surface area (Å²) in [5, 5.41) is 3.77. The Morgan fingerprint density at radius 2 is 1.97 bits per heavy atom. The van der Waals surface area contributed by atoms with Crippen molar-refractivity contribution in [1.29, 1.82) is 0 Å². The highest BCUT2D eigenvalue weighted by molar-refractivity contribution is 7.99. The van der Waals surface area contributed by atoms with Crippen LogP contribution in [0.2, 0.25) is 0 Å². The van der Waals surface area contributed by atoms with Gasteiger partial charge < -0.3 is 19.4 Å². The minimum atomic E-state index is -0.121. The van der Waals surface area contributed by atoms with Gasteiger partial charge in [-0.05, 0) is 36.6 Å². The summed E-state index contributed by atoms with van der Waals surface area (Å²) in [4.78, 5) is 17.3. The average Bonchev–Trinajstić information content (AvgIpc) is 3.08. The number of aryl methyl sites for hydroxylation is 1. The van der Waals surface area contributed by atoms with Gasteiger partial charge in [0.15, 0.2) is 5.16 Å². The molecule has 0 aliphatic carbocycles. The highest BCUT2D eigenvalue weighted by Crippen LogP contribution is 2.30. The molecule has 0 radical (unpaired) electrons. The lowest BCUT2D eigenvalue weighted by molar-refractivity contribution is -0.113. The van der Waals surface area contributed by atoms with Crippen LogP contribution < -0.4 is 14.8 Å². The number of aromatic nitrogens is 2. The number of nitrogens with one attached hydrogen (secondary N) is 1. The highest BCUT2D eigenvalue weighted by Gasteiger charge is 2.15. The molecule has 0 fully saturated rings. The van der Waals surface area contributed by atoms with Gasteiger partial charge in [-0.2, -0.15) is 0 Å². The zero-order chi connectivity index (χ0) is 20.8. The van der Waals surface area contributed by atoms with Gasteiger partial charge in [-0.25, -0.2) is 4.98 Å². The summed E-state index contributed by atoms with van der Waals surface area (Å²) in [6, 6.07) is 13.4. The molecule has 2 aromatic carbocycles. The molecule has 0 saturated carbocycles. The Balaban J connectivity index is 1.73. The molecule has 3 rings (SSSR count). The predicted molar refractivity (Wildman–Crippen MR) is 118 cm³/mol. The number of carbonyl (C=O) groups excluding carboxylic acids is 1. The molecule has 6 nitrogen and oxygen atoms in total. The van der Waals surface area contributed by atoms with Gasteiger partial charge in [0, 0.05) is 12.6 Å². The number of nitrogens with zero attached hydrogens (tertiary/aromatic N) is 2. The van der Waals surface area contributed by atoms with Crippen molar-refractivity contribution < 1.29 is 14.3 Å². The molecule has 1 heterocycles. The lowest BCUT2D eigenvalue weighted by Gasteiger charge is -2.12. The molecule has 0 saturated heterocycles. The van der Waals surface area contributed by atoms with E-state index in [1.54, 1.807) is 32.4 Å². The molecular weight excluding hydrogens is 386 g/mol. The van der Waals surface area contributed by atoms with Gasteiger partial charge >= 0.3 is 0 Å². The first-order valence-electron chi connectivity index (χ1n) is 9.61. The minimum Gasteiger partial charge on any atom is -0.497 e. The maximum atomic E-state index is 12.6. The molecule has 154 valence electrons. The fourth-order valence-corrected chi connectivity index (χ4v) is 3.84. The summed E-state index contributed by atoms with van der Waals surface area (Å²) >= 11 is 1.44. The van der Waals surface area contributed by atoms with E-state index in [2.05, 4.69) is 29.8 Å². The van der Waals surface area contributed by atoms with Crippen LogP contribution in [0.15, 0.2) is 47.6 Å². The van der Waals surface area contributed by atoms with Crippen molar-refractivity contribution in [2.75, 3.05) is 25.3 Å². The SMILES string of the molecule is COc1ccc(OC)c(NC(=O)CSc2nc3ccccc3n2CCC(C)C)c1. The van der Waals surface area contributed by atoms with Gasteiger partial charge in [-0.1, -0.05) is 37.7 Å². The highest BCUT2D eigenvalue weighted by atomic mass is 32.2. The van der Waals surface area contributed by atoms with E-state index in [9.17, 15) is 4.79 Å². The minimum absolute atomic E-state index is 0.121. The number of ether oxygens (including phenoxy) is 2. The summed E-state index contributed by atoms with van der Waals surface area (Å²) in [5.74, 6) is 1.98. The molecule has 0 spiro atoms. The number of carbonyl (C=O) groups is 1. The number of benzene rings is 2. The number of rotatable bonds is 9. The van der Waals surface area contributed by atoms with Crippen molar-refractivity contribution >= 4 is 34.4 Å². The van der Waals surface area contributed by atoms with Crippen LogP contribution in [0.1, 0.15) is 20.3 Å². The van der Waals surface area contributed by atoms with Crippen LogP contribution in [0.3, 0.4) is 0 Å². The molecule has 0 aliphatic heterocycles. The number of thioether (sulfide) groups is 1. The van der Waals surface area contributed by atoms with Gasteiger partial charge in [0.2, 0.25) is 5.91 Å². The van der Waals surface area contributed by atoms with E-state index in [0.717, 1.165) is 29.2 Å². The molecule has 0 unspecified atom stereocenters. The smallest absolute Gasteiger partial charge is 0.234 e. The van der Waals surface area contributed by atoms with Crippen molar-refractivity contribution in [3.63, 3.8) is 0 Å². The summed E-state index contributed by atoms with van der Waals surface area (Å²) in [5.41, 5.74) is 2.64. The van der Waals surface area contributed by atoms with E-state index in [4.69, 9.17) is 14.5 Å². The Kier molecular flexibility index (Phi) is 7.04. The predicted octanol–water partition coefficient (Wildman–Crippen LogP) is 4.83. The van der Waals surface area contributed by atoms with Gasteiger partial charge in [-0.3, -0.25) is 4.79 Å². The fraction of sp³-hybridized carbons (Fsp3) is 0.364. The topological polar surface area (TPSA) is 65.4 Å². The molecular formula is C22H27N3O3S. The number of hydrogen-bond donors (Lipinski definition) is 1. The van der Waals surface area contributed by atoms with Crippen LogP contribution in [-0.2, 0) is 11.3 Å². The Labute approximate surface area is 175 Å². The maximum absolute atomic E-state index is 12.6. The zero-order valence-electron chi connectivity index (χ0n) is 17.3. The van der Waals surface area contributed by atoms with Crippen LogP contribution in [0.5, 0.6) is 11.5 Å². The monoisotopic (exact) mass is 413 g/mol. The second kappa shape index (κ2) is 9.69. The first-order valence-corrected chi connectivity index (χ1v) is 10.6. The first kappa shape index (κ1) is 21.0. The molecule has 0 atom stereocenters. The molecule has 0 bridgehead atoms. The van der Waals surface area contributed by atoms with Gasteiger partial charge in [0.05, 0.1) is 36.7 Å². The third-order valence-electron chi connectivity index (χ3n) is 4.56. The largest absolute Gasteiger partial charge is 0.497 e. The van der Waals surface area contributed by atoms with E-state index in [1.165, 1.54) is 11.8 Å². The molecule has 0 aliphatic rings. The van der Waals surface area contributed by atoms with Crippen LogP contribution in [0.4, 0.5) is 5.69 Å². The second-order valence-electron chi connectivity index (χ2n) is 7.12. The lowest BCUT2D eigenvalue weighted by atomic mass is 10.1. The number of anilines is 1. The van der Waals surface area contributed by atoms with Crippen LogP contribution in [0, 0.1) is 5.92 Å². The van der Waals surface area contributed by atoms with E-state index in [-0.39, 0.29) is 11.7 Å². The summed E-state index contributed by atoms with van der Waals surface area (Å²) < 4.78 is 12.8. The summed E-state index contributed by atoms with van der Waals surface area (Å²) in [6.07, 6.45) is 1.06. The van der Waals surface area contributed by atoms with Gasteiger partial charge in [0.25, 0.3) is 0 Å². The number of imidazole rings is 1. The normalized spacial score (nSPS) is 11.1. The Morgan fingerprint density at radius 3 is 2.69 bits per heavy atom.